The molecular weight excluding hydrogens is 409 g/mol. The van der Waals surface area contributed by atoms with E-state index in [1.807, 2.05) is 18.2 Å². The molecule has 1 atom stereocenters. The molecule has 98 valence electrons. The van der Waals surface area contributed by atoms with Gasteiger partial charge in [-0.05, 0) is 60.6 Å². The highest BCUT2D eigenvalue weighted by atomic mass is 127. The van der Waals surface area contributed by atoms with Gasteiger partial charge in [0.2, 0.25) is 0 Å². The lowest BCUT2D eigenvalue weighted by Crippen LogP contribution is -2.48. The van der Waals surface area contributed by atoms with Gasteiger partial charge in [0.1, 0.15) is 0 Å². The molecule has 1 aliphatic rings. The molecule has 0 aromatic heterocycles. The zero-order valence-electron chi connectivity index (χ0n) is 10.1. The Balaban J connectivity index is 2.23. The number of carbonyl (C=O) groups excluding carboxylic acids is 1. The Morgan fingerprint density at radius 2 is 2.28 bits per heavy atom. The fraction of sp³-hybridized carbons (Fsp3) is 0.462. The van der Waals surface area contributed by atoms with Crippen LogP contribution in [0.15, 0.2) is 22.7 Å². The fourth-order valence-corrected chi connectivity index (χ4v) is 3.15. The smallest absolute Gasteiger partial charge is 0.255 e. The molecule has 1 N–H and O–H groups in total. The third-order valence-electron chi connectivity index (χ3n) is 3.12. The summed E-state index contributed by atoms with van der Waals surface area (Å²) in [7, 11) is 0. The van der Waals surface area contributed by atoms with Gasteiger partial charge in [-0.25, -0.2) is 0 Å². The summed E-state index contributed by atoms with van der Waals surface area (Å²) in [6.07, 6.45) is 1.61. The van der Waals surface area contributed by atoms with Gasteiger partial charge < -0.3 is 10.0 Å². The average Bonchev–Trinajstić information content (AvgIpc) is 2.30. The summed E-state index contributed by atoms with van der Waals surface area (Å²) in [5.41, 5.74) is -0.0617. The van der Waals surface area contributed by atoms with E-state index in [1.165, 1.54) is 0 Å². The maximum atomic E-state index is 12.4. The Morgan fingerprint density at radius 3 is 2.94 bits per heavy atom. The highest BCUT2D eigenvalue weighted by Crippen LogP contribution is 2.25. The van der Waals surface area contributed by atoms with Crippen LogP contribution in [-0.4, -0.2) is 34.6 Å². The number of benzene rings is 1. The zero-order valence-corrected chi connectivity index (χ0v) is 13.9. The monoisotopic (exact) mass is 423 g/mol. The lowest BCUT2D eigenvalue weighted by molar-refractivity contribution is -0.0107. The van der Waals surface area contributed by atoms with Crippen LogP contribution in [0.25, 0.3) is 0 Å². The predicted molar refractivity (Wildman–Crippen MR) is 82.6 cm³/mol. The van der Waals surface area contributed by atoms with E-state index in [2.05, 4.69) is 38.5 Å². The molecule has 1 fully saturated rings. The molecule has 1 heterocycles. The topological polar surface area (TPSA) is 40.5 Å². The summed E-state index contributed by atoms with van der Waals surface area (Å²) < 4.78 is 1.83. The Hall–Kier alpha value is -0.140. The average molecular weight is 424 g/mol. The number of nitrogens with zero attached hydrogens (tertiary/aromatic N) is 1. The van der Waals surface area contributed by atoms with Crippen LogP contribution in [0, 0.1) is 3.57 Å². The van der Waals surface area contributed by atoms with Crippen LogP contribution in [0.1, 0.15) is 30.1 Å². The van der Waals surface area contributed by atoms with Gasteiger partial charge in [-0.15, -0.1) is 0 Å². The van der Waals surface area contributed by atoms with Crippen molar-refractivity contribution in [1.29, 1.82) is 0 Å². The number of rotatable bonds is 1. The molecule has 0 saturated carbocycles. The second-order valence-corrected chi connectivity index (χ2v) is 7.03. The van der Waals surface area contributed by atoms with Crippen LogP contribution in [0.3, 0.4) is 0 Å². The van der Waals surface area contributed by atoms with E-state index in [9.17, 15) is 9.90 Å². The lowest BCUT2D eigenvalue weighted by atomic mass is 9.94. The van der Waals surface area contributed by atoms with Gasteiger partial charge in [0.05, 0.1) is 11.2 Å². The molecule has 1 aromatic carbocycles. The quantitative estimate of drug-likeness (QED) is 0.705. The Morgan fingerprint density at radius 1 is 1.56 bits per heavy atom. The van der Waals surface area contributed by atoms with Crippen LogP contribution in [-0.2, 0) is 0 Å². The standard InChI is InChI=1S/C13H15BrINO2/c1-13(18)5-2-6-16(8-13)12(17)10-7-9(14)3-4-11(10)15/h3-4,7,18H,2,5-6,8H2,1H3. The van der Waals surface area contributed by atoms with E-state index in [0.29, 0.717) is 12.1 Å². The summed E-state index contributed by atoms with van der Waals surface area (Å²) in [5.74, 6) is 0.000625. The van der Waals surface area contributed by atoms with Gasteiger partial charge >= 0.3 is 0 Å². The summed E-state index contributed by atoms with van der Waals surface area (Å²) >= 11 is 5.55. The van der Waals surface area contributed by atoms with Gasteiger partial charge in [0, 0.05) is 21.1 Å². The molecule has 1 amide bonds. The normalized spacial score (nSPS) is 24.1. The molecule has 1 saturated heterocycles. The second-order valence-electron chi connectivity index (χ2n) is 4.95. The minimum absolute atomic E-state index is 0.000625. The van der Waals surface area contributed by atoms with Crippen LogP contribution in [0.5, 0.6) is 0 Å². The minimum Gasteiger partial charge on any atom is -0.388 e. The number of amides is 1. The molecule has 5 heteroatoms. The van der Waals surface area contributed by atoms with E-state index in [1.54, 1.807) is 11.8 Å². The molecule has 1 aliphatic heterocycles. The summed E-state index contributed by atoms with van der Waals surface area (Å²) in [4.78, 5) is 14.2. The van der Waals surface area contributed by atoms with E-state index >= 15 is 0 Å². The van der Waals surface area contributed by atoms with Crippen molar-refractivity contribution >= 4 is 44.4 Å². The molecule has 2 rings (SSSR count). The number of piperidine rings is 1. The molecule has 0 bridgehead atoms. The molecular formula is C13H15BrINO2. The van der Waals surface area contributed by atoms with Crippen molar-refractivity contribution in [3.05, 3.63) is 31.8 Å². The third kappa shape index (κ3) is 3.24. The first kappa shape index (κ1) is 14.3. The van der Waals surface area contributed by atoms with Crippen LogP contribution >= 0.6 is 38.5 Å². The first-order valence-corrected chi connectivity index (χ1v) is 7.73. The number of β-amino-alcohol motifs (C(OH)–C–C–N with tert-alkyl or cyclic N) is 1. The molecule has 18 heavy (non-hydrogen) atoms. The van der Waals surface area contributed by atoms with Gasteiger partial charge in [-0.1, -0.05) is 15.9 Å². The van der Waals surface area contributed by atoms with Crippen molar-refractivity contribution < 1.29 is 9.90 Å². The van der Waals surface area contributed by atoms with E-state index in [0.717, 1.165) is 27.4 Å². The molecule has 1 aromatic rings. The maximum absolute atomic E-state index is 12.4. The zero-order chi connectivity index (χ0) is 13.3. The molecule has 1 unspecified atom stereocenters. The largest absolute Gasteiger partial charge is 0.388 e. The van der Waals surface area contributed by atoms with Crippen molar-refractivity contribution in [2.75, 3.05) is 13.1 Å². The summed E-state index contributed by atoms with van der Waals surface area (Å²) in [6.45, 7) is 2.92. The van der Waals surface area contributed by atoms with Gasteiger partial charge in [0.15, 0.2) is 0 Å². The fourth-order valence-electron chi connectivity index (χ4n) is 2.23. The number of halogens is 2. The van der Waals surface area contributed by atoms with Gasteiger partial charge in [-0.2, -0.15) is 0 Å². The van der Waals surface area contributed by atoms with Crippen molar-refractivity contribution in [2.45, 2.75) is 25.4 Å². The number of aliphatic hydroxyl groups is 1. The predicted octanol–water partition coefficient (Wildman–Crippen LogP) is 3.04. The van der Waals surface area contributed by atoms with Gasteiger partial charge in [0.25, 0.3) is 5.91 Å². The number of carbonyl (C=O) groups is 1. The Bertz CT molecular complexity index is 476. The first-order chi connectivity index (χ1) is 8.39. The van der Waals surface area contributed by atoms with Gasteiger partial charge in [-0.3, -0.25) is 4.79 Å². The van der Waals surface area contributed by atoms with Crippen LogP contribution < -0.4 is 0 Å². The van der Waals surface area contributed by atoms with Crippen molar-refractivity contribution in [3.63, 3.8) is 0 Å². The van der Waals surface area contributed by atoms with Crippen molar-refractivity contribution in [2.24, 2.45) is 0 Å². The van der Waals surface area contributed by atoms with Crippen molar-refractivity contribution in [1.82, 2.24) is 4.90 Å². The third-order valence-corrected chi connectivity index (χ3v) is 4.55. The van der Waals surface area contributed by atoms with E-state index in [-0.39, 0.29) is 5.91 Å². The maximum Gasteiger partial charge on any atom is 0.255 e. The van der Waals surface area contributed by atoms with E-state index in [4.69, 9.17) is 0 Å². The SMILES string of the molecule is CC1(O)CCCN(C(=O)c2cc(Br)ccc2I)C1. The van der Waals surface area contributed by atoms with Crippen LogP contribution in [0.4, 0.5) is 0 Å². The number of likely N-dealkylation sites (tertiary alicyclic amines) is 1. The molecule has 0 spiro atoms. The first-order valence-electron chi connectivity index (χ1n) is 5.86. The Labute approximate surface area is 129 Å². The summed E-state index contributed by atoms with van der Waals surface area (Å²) in [5, 5.41) is 10.1. The molecule has 3 nitrogen and oxygen atoms in total. The minimum atomic E-state index is -0.759. The van der Waals surface area contributed by atoms with E-state index < -0.39 is 5.60 Å². The van der Waals surface area contributed by atoms with Crippen molar-refractivity contribution in [3.8, 4) is 0 Å². The Kier molecular flexibility index (Phi) is 4.33. The number of hydrogen-bond donors (Lipinski definition) is 1. The highest BCUT2D eigenvalue weighted by Gasteiger charge is 2.31. The second kappa shape index (κ2) is 5.46. The van der Waals surface area contributed by atoms with Crippen LogP contribution in [0.2, 0.25) is 0 Å². The number of hydrogen-bond acceptors (Lipinski definition) is 2. The lowest BCUT2D eigenvalue weighted by Gasteiger charge is -2.37. The molecule has 0 radical (unpaired) electrons. The molecule has 0 aliphatic carbocycles. The highest BCUT2D eigenvalue weighted by molar-refractivity contribution is 14.1. The summed E-state index contributed by atoms with van der Waals surface area (Å²) in [6, 6.07) is 5.68.